The molecule has 2 aromatic heterocycles. The number of furan rings is 2. The highest BCUT2D eigenvalue weighted by Crippen LogP contribution is 2.58. The van der Waals surface area contributed by atoms with Gasteiger partial charge < -0.3 is 18.6 Å². The van der Waals surface area contributed by atoms with Gasteiger partial charge in [-0.1, -0.05) is 163 Å². The van der Waals surface area contributed by atoms with Crippen LogP contribution < -0.4 is 9.80 Å². The van der Waals surface area contributed by atoms with Crippen LogP contribution in [-0.4, -0.2) is 0 Å². The molecule has 320 valence electrons. The Kier molecular flexibility index (Phi) is 8.95. The second-order valence-corrected chi connectivity index (χ2v) is 18.5. The van der Waals surface area contributed by atoms with E-state index in [9.17, 15) is 0 Å². The lowest BCUT2D eigenvalue weighted by Gasteiger charge is -2.44. The van der Waals surface area contributed by atoms with Gasteiger partial charge in [-0.15, -0.1) is 0 Å². The van der Waals surface area contributed by atoms with Gasteiger partial charge in [0.25, 0.3) is 0 Å². The standard InChI is InChI=1S/C60H44N2O2.C2H6/c1-59(2)45-19-7-11-23-49(45)61(50-24-12-8-20-46(50)59)53-35-42(38-30-32-58-44(34-38)40-18-6-16-28-56(40)64-58)54(36-41(53)37-29-31-57-43(33-37)39-17-5-15-27-55(39)63-57)62-51-25-13-9-21-47(51)60(3,4)48-22-10-14-26-52(48)62;1-2/h5-36H,1-4H3;1-2H3. The van der Waals surface area contributed by atoms with Crippen LogP contribution in [0.2, 0.25) is 0 Å². The van der Waals surface area contributed by atoms with Gasteiger partial charge in [-0.2, -0.15) is 0 Å². The van der Waals surface area contributed by atoms with E-state index in [2.05, 4.69) is 219 Å². The van der Waals surface area contributed by atoms with Crippen molar-refractivity contribution in [3.63, 3.8) is 0 Å². The normalized spacial score (nSPS) is 14.4. The third kappa shape index (κ3) is 5.77. The van der Waals surface area contributed by atoms with E-state index in [0.29, 0.717) is 0 Å². The first-order valence-corrected chi connectivity index (χ1v) is 23.3. The molecule has 0 aliphatic carbocycles. The first kappa shape index (κ1) is 39.7. The Bertz CT molecular complexity index is 3370. The second kappa shape index (κ2) is 14.9. The molecule has 4 nitrogen and oxygen atoms in total. The average molecular weight is 855 g/mol. The summed E-state index contributed by atoms with van der Waals surface area (Å²) in [5, 5.41) is 4.40. The highest BCUT2D eigenvalue weighted by molar-refractivity contribution is 6.10. The molecule has 0 radical (unpaired) electrons. The lowest BCUT2D eigenvalue weighted by molar-refractivity contribution is 0.631. The van der Waals surface area contributed by atoms with E-state index in [-0.39, 0.29) is 10.8 Å². The third-order valence-corrected chi connectivity index (χ3v) is 14.2. The third-order valence-electron chi connectivity index (χ3n) is 14.2. The molecule has 2 aliphatic rings. The lowest BCUT2D eigenvalue weighted by Crippen LogP contribution is -2.31. The number of anilines is 6. The summed E-state index contributed by atoms with van der Waals surface area (Å²) < 4.78 is 12.9. The van der Waals surface area contributed by atoms with E-state index in [1.807, 2.05) is 26.0 Å². The van der Waals surface area contributed by atoms with E-state index in [1.165, 1.54) is 45.0 Å². The SMILES string of the molecule is CC.CC1(C)c2ccccc2N(c2cc(-c3ccc4oc5ccccc5c4c3)c(N3c4ccccc4C(C)(C)c4ccccc43)cc2-c2ccc3oc4ccccc4c3c2)c2ccccc21. The van der Waals surface area contributed by atoms with Crippen molar-refractivity contribution in [1.29, 1.82) is 0 Å². The van der Waals surface area contributed by atoms with Crippen molar-refractivity contribution >= 4 is 78.0 Å². The number of benzene rings is 9. The van der Waals surface area contributed by atoms with E-state index < -0.39 is 0 Å². The number of para-hydroxylation sites is 6. The number of rotatable bonds is 4. The van der Waals surface area contributed by atoms with Gasteiger partial charge in [-0.3, -0.25) is 0 Å². The van der Waals surface area contributed by atoms with E-state index in [1.54, 1.807) is 0 Å². The molecule has 0 atom stereocenters. The lowest BCUT2D eigenvalue weighted by atomic mass is 9.73. The van der Waals surface area contributed by atoms with Gasteiger partial charge in [0, 0.05) is 43.5 Å². The number of hydrogen-bond donors (Lipinski definition) is 0. The van der Waals surface area contributed by atoms with Crippen LogP contribution >= 0.6 is 0 Å². The fourth-order valence-electron chi connectivity index (χ4n) is 11.1. The first-order chi connectivity index (χ1) is 32.3. The van der Waals surface area contributed by atoms with Crippen LogP contribution in [0, 0.1) is 0 Å². The largest absolute Gasteiger partial charge is 0.456 e. The molecule has 4 heteroatoms. The molecule has 0 saturated carbocycles. The molecule has 0 bridgehead atoms. The van der Waals surface area contributed by atoms with Gasteiger partial charge in [0.05, 0.1) is 34.1 Å². The summed E-state index contributed by atoms with van der Waals surface area (Å²) in [6.07, 6.45) is 0. The monoisotopic (exact) mass is 854 g/mol. The summed E-state index contributed by atoms with van der Waals surface area (Å²) in [7, 11) is 0. The van der Waals surface area contributed by atoms with Crippen molar-refractivity contribution in [2.24, 2.45) is 0 Å². The van der Waals surface area contributed by atoms with Gasteiger partial charge in [0.15, 0.2) is 0 Å². The van der Waals surface area contributed by atoms with Gasteiger partial charge >= 0.3 is 0 Å². The predicted molar refractivity (Wildman–Crippen MR) is 277 cm³/mol. The van der Waals surface area contributed by atoms with Gasteiger partial charge in [0.2, 0.25) is 0 Å². The van der Waals surface area contributed by atoms with Crippen LogP contribution in [0.5, 0.6) is 0 Å². The van der Waals surface area contributed by atoms with Crippen molar-refractivity contribution in [2.45, 2.75) is 52.4 Å². The van der Waals surface area contributed by atoms with Crippen LogP contribution in [0.15, 0.2) is 203 Å². The van der Waals surface area contributed by atoms with Crippen molar-refractivity contribution in [3.8, 4) is 22.3 Å². The Labute approximate surface area is 386 Å². The van der Waals surface area contributed by atoms with E-state index >= 15 is 0 Å². The Morgan fingerprint density at radius 3 is 0.970 bits per heavy atom. The molecule has 9 aromatic carbocycles. The zero-order chi connectivity index (χ0) is 44.9. The Morgan fingerprint density at radius 2 is 0.606 bits per heavy atom. The molecule has 0 unspecified atom stereocenters. The summed E-state index contributed by atoms with van der Waals surface area (Å²) in [4.78, 5) is 5.03. The number of hydrogen-bond acceptors (Lipinski definition) is 4. The topological polar surface area (TPSA) is 32.8 Å². The molecule has 0 saturated heterocycles. The second-order valence-electron chi connectivity index (χ2n) is 18.5. The van der Waals surface area contributed by atoms with E-state index in [4.69, 9.17) is 8.83 Å². The molecule has 0 spiro atoms. The maximum Gasteiger partial charge on any atom is 0.135 e. The Balaban J connectivity index is 0.00000225. The summed E-state index contributed by atoms with van der Waals surface area (Å²) in [6, 6.07) is 70.9. The molecular weight excluding hydrogens is 805 g/mol. The van der Waals surface area contributed by atoms with Crippen molar-refractivity contribution in [1.82, 2.24) is 0 Å². The zero-order valence-corrected chi connectivity index (χ0v) is 38.2. The minimum Gasteiger partial charge on any atom is -0.456 e. The summed E-state index contributed by atoms with van der Waals surface area (Å²) in [5.41, 5.74) is 19.6. The Morgan fingerprint density at radius 1 is 0.303 bits per heavy atom. The smallest absolute Gasteiger partial charge is 0.135 e. The number of fused-ring (bicyclic) bond motifs is 10. The molecule has 2 aliphatic heterocycles. The minimum absolute atomic E-state index is 0.220. The van der Waals surface area contributed by atoms with Crippen molar-refractivity contribution in [2.75, 3.05) is 9.80 Å². The maximum absolute atomic E-state index is 6.43. The predicted octanol–water partition coefficient (Wildman–Crippen LogP) is 18.1. The number of nitrogens with zero attached hydrogens (tertiary/aromatic N) is 2. The van der Waals surface area contributed by atoms with Crippen LogP contribution in [0.3, 0.4) is 0 Å². The van der Waals surface area contributed by atoms with Gasteiger partial charge in [-0.25, -0.2) is 0 Å². The van der Waals surface area contributed by atoms with Gasteiger partial charge in [0.1, 0.15) is 22.3 Å². The molecular formula is C62H50N2O2. The fraction of sp³-hybridized carbons (Fsp3) is 0.129. The quantitative estimate of drug-likeness (QED) is 0.177. The highest BCUT2D eigenvalue weighted by Gasteiger charge is 2.40. The molecule has 4 heterocycles. The van der Waals surface area contributed by atoms with Crippen LogP contribution in [0.25, 0.3) is 66.1 Å². The molecule has 0 N–H and O–H groups in total. The minimum atomic E-state index is -0.220. The molecule has 0 amide bonds. The average Bonchev–Trinajstić information content (AvgIpc) is 3.93. The highest BCUT2D eigenvalue weighted by atomic mass is 16.3. The molecule has 66 heavy (non-hydrogen) atoms. The summed E-state index contributed by atoms with van der Waals surface area (Å²) >= 11 is 0. The van der Waals surface area contributed by atoms with Crippen LogP contribution in [0.1, 0.15) is 63.8 Å². The molecule has 0 fully saturated rings. The first-order valence-electron chi connectivity index (χ1n) is 23.3. The fourth-order valence-corrected chi connectivity index (χ4v) is 11.1. The maximum atomic E-state index is 6.43. The van der Waals surface area contributed by atoms with Crippen LogP contribution in [0.4, 0.5) is 34.1 Å². The zero-order valence-electron chi connectivity index (χ0n) is 38.2. The molecule has 13 rings (SSSR count). The van der Waals surface area contributed by atoms with E-state index in [0.717, 1.165) is 77.5 Å². The van der Waals surface area contributed by atoms with Crippen molar-refractivity contribution in [3.05, 3.63) is 216 Å². The van der Waals surface area contributed by atoms with Gasteiger partial charge in [-0.05, 0) is 106 Å². The molecule has 11 aromatic rings. The van der Waals surface area contributed by atoms with Crippen LogP contribution in [-0.2, 0) is 10.8 Å². The summed E-state index contributed by atoms with van der Waals surface area (Å²) in [5.74, 6) is 0. The Hall–Kier alpha value is -7.82. The van der Waals surface area contributed by atoms with Crippen molar-refractivity contribution < 1.29 is 8.83 Å². The summed E-state index contributed by atoms with van der Waals surface area (Å²) in [6.45, 7) is 13.4.